The van der Waals surface area contributed by atoms with Crippen LogP contribution in [-0.2, 0) is 22.6 Å². The van der Waals surface area contributed by atoms with E-state index in [4.69, 9.17) is 0 Å². The number of piperidine rings is 1. The lowest BCUT2D eigenvalue weighted by Crippen LogP contribution is -2.51. The zero-order chi connectivity index (χ0) is 22.0. The Morgan fingerprint density at radius 3 is 1.94 bits per heavy atom. The van der Waals surface area contributed by atoms with E-state index < -0.39 is 34.8 Å². The summed E-state index contributed by atoms with van der Waals surface area (Å²) in [6.45, 7) is 1.09. The maximum absolute atomic E-state index is 13.3. The van der Waals surface area contributed by atoms with Gasteiger partial charge in [-0.2, -0.15) is 26.3 Å². The lowest BCUT2D eigenvalue weighted by molar-refractivity contribution is -0.143. The summed E-state index contributed by atoms with van der Waals surface area (Å²) in [5, 5.41) is 5.88. The van der Waals surface area contributed by atoms with Crippen molar-refractivity contribution in [3.05, 3.63) is 34.9 Å². The zero-order valence-corrected chi connectivity index (χ0v) is 17.8. The molecule has 10 heteroatoms. The Balaban J connectivity index is 0.00000341. The van der Waals surface area contributed by atoms with Crippen molar-refractivity contribution in [2.75, 3.05) is 19.6 Å². The van der Waals surface area contributed by atoms with Crippen LogP contribution in [0.15, 0.2) is 18.2 Å². The fourth-order valence-electron chi connectivity index (χ4n) is 4.53. The molecule has 1 aromatic carbocycles. The van der Waals surface area contributed by atoms with Crippen LogP contribution in [0.5, 0.6) is 0 Å². The Hall–Kier alpha value is -1.48. The van der Waals surface area contributed by atoms with Gasteiger partial charge in [-0.25, -0.2) is 0 Å². The van der Waals surface area contributed by atoms with Crippen molar-refractivity contribution in [1.82, 2.24) is 10.6 Å². The fraction of sp³-hybridized carbons (Fsp3) is 0.667. The summed E-state index contributed by atoms with van der Waals surface area (Å²) in [4.78, 5) is 13.2. The van der Waals surface area contributed by atoms with Crippen molar-refractivity contribution >= 4 is 18.3 Å². The van der Waals surface area contributed by atoms with E-state index in [0.717, 1.165) is 32.1 Å². The number of carbonyl (C=O) groups excluding carboxylic acids is 1. The first kappa shape index (κ1) is 25.8. The summed E-state index contributed by atoms with van der Waals surface area (Å²) < 4.78 is 80.0. The van der Waals surface area contributed by atoms with Gasteiger partial charge in [0, 0.05) is 6.54 Å². The third kappa shape index (κ3) is 6.06. The number of nitrogens with one attached hydrogen (secondary N) is 2. The van der Waals surface area contributed by atoms with Crippen LogP contribution in [0, 0.1) is 5.92 Å². The van der Waals surface area contributed by atoms with Gasteiger partial charge < -0.3 is 10.6 Å². The second-order valence-corrected chi connectivity index (χ2v) is 8.34. The lowest BCUT2D eigenvalue weighted by Gasteiger charge is -2.38. The largest absolute Gasteiger partial charge is 0.416 e. The molecule has 0 atom stereocenters. The predicted octanol–water partition coefficient (Wildman–Crippen LogP) is 5.46. The van der Waals surface area contributed by atoms with Gasteiger partial charge in [0.1, 0.15) is 0 Å². The Morgan fingerprint density at radius 1 is 0.935 bits per heavy atom. The van der Waals surface area contributed by atoms with Gasteiger partial charge in [0.05, 0.1) is 16.5 Å². The van der Waals surface area contributed by atoms with Crippen LogP contribution in [0.2, 0.25) is 0 Å². The monoisotopic (exact) mass is 472 g/mol. The highest BCUT2D eigenvalue weighted by Gasteiger charge is 2.45. The number of hydrogen-bond donors (Lipinski definition) is 2. The molecule has 2 fully saturated rings. The Bertz CT molecular complexity index is 721. The first-order valence-corrected chi connectivity index (χ1v) is 10.3. The standard InChI is InChI=1S/C21H26F6N2O.ClH/c22-20(23,24)16-10-15(11-17(12-16)21(25,26)27)19(6-8-28-9-7-19)18(30)29-13-14-4-2-1-3-5-14;/h10-12,14,28H,1-9,13H2,(H,29,30);1H. The molecule has 1 aliphatic heterocycles. The van der Waals surface area contributed by atoms with Gasteiger partial charge in [0.15, 0.2) is 0 Å². The number of benzene rings is 1. The Labute approximate surface area is 183 Å². The fourth-order valence-corrected chi connectivity index (χ4v) is 4.53. The minimum absolute atomic E-state index is 0. The average Bonchev–Trinajstić information content (AvgIpc) is 2.71. The number of amides is 1. The molecule has 176 valence electrons. The van der Waals surface area contributed by atoms with Crippen LogP contribution in [-0.4, -0.2) is 25.5 Å². The SMILES string of the molecule is Cl.O=C(NCC1CCCCC1)C1(c2cc(C(F)(F)F)cc(C(F)(F)F)c2)CCNCC1. The Kier molecular flexibility index (Phi) is 8.30. The van der Waals surface area contributed by atoms with Crippen LogP contribution >= 0.6 is 12.4 Å². The van der Waals surface area contributed by atoms with E-state index in [1.54, 1.807) is 0 Å². The first-order valence-electron chi connectivity index (χ1n) is 10.3. The van der Waals surface area contributed by atoms with Gasteiger partial charge in [-0.15, -0.1) is 12.4 Å². The molecule has 1 aromatic rings. The first-order chi connectivity index (χ1) is 14.0. The summed E-state index contributed by atoms with van der Waals surface area (Å²) in [6, 6.07) is 1.53. The van der Waals surface area contributed by atoms with Crippen molar-refractivity contribution < 1.29 is 31.1 Å². The second kappa shape index (κ2) is 9.98. The molecule has 1 heterocycles. The molecule has 0 aromatic heterocycles. The molecule has 3 rings (SSSR count). The van der Waals surface area contributed by atoms with Gasteiger partial charge in [-0.1, -0.05) is 19.3 Å². The third-order valence-electron chi connectivity index (χ3n) is 6.31. The third-order valence-corrected chi connectivity index (χ3v) is 6.31. The number of alkyl halides is 6. The van der Waals surface area contributed by atoms with E-state index >= 15 is 0 Å². The zero-order valence-electron chi connectivity index (χ0n) is 17.0. The summed E-state index contributed by atoms with van der Waals surface area (Å²) >= 11 is 0. The van der Waals surface area contributed by atoms with E-state index in [-0.39, 0.29) is 36.9 Å². The highest BCUT2D eigenvalue weighted by molar-refractivity contribution is 5.88. The quantitative estimate of drug-likeness (QED) is 0.571. The van der Waals surface area contributed by atoms with Crippen LogP contribution in [0.1, 0.15) is 61.6 Å². The van der Waals surface area contributed by atoms with Crippen molar-refractivity contribution in [1.29, 1.82) is 0 Å². The minimum atomic E-state index is -4.94. The Morgan fingerprint density at radius 2 is 1.45 bits per heavy atom. The van der Waals surface area contributed by atoms with Crippen molar-refractivity contribution in [3.8, 4) is 0 Å². The molecule has 0 radical (unpaired) electrons. The molecule has 1 aliphatic carbocycles. The van der Waals surface area contributed by atoms with Crippen molar-refractivity contribution in [2.24, 2.45) is 5.92 Å². The molecule has 0 unspecified atom stereocenters. The molecule has 0 bridgehead atoms. The van der Waals surface area contributed by atoms with Crippen molar-refractivity contribution in [2.45, 2.75) is 62.7 Å². The van der Waals surface area contributed by atoms with Crippen LogP contribution in [0.3, 0.4) is 0 Å². The average molecular weight is 473 g/mol. The maximum Gasteiger partial charge on any atom is 0.416 e. The molecular formula is C21H27ClF6N2O. The summed E-state index contributed by atoms with van der Waals surface area (Å²) in [6.07, 6.45) is -4.39. The van der Waals surface area contributed by atoms with Crippen LogP contribution < -0.4 is 10.6 Å². The van der Waals surface area contributed by atoms with Gasteiger partial charge in [0.25, 0.3) is 0 Å². The summed E-state index contributed by atoms with van der Waals surface area (Å²) in [7, 11) is 0. The second-order valence-electron chi connectivity index (χ2n) is 8.34. The summed E-state index contributed by atoms with van der Waals surface area (Å²) in [5.74, 6) is -0.185. The smallest absolute Gasteiger partial charge is 0.355 e. The number of carbonyl (C=O) groups is 1. The molecule has 31 heavy (non-hydrogen) atoms. The predicted molar refractivity (Wildman–Crippen MR) is 107 cm³/mol. The van der Waals surface area contributed by atoms with Gasteiger partial charge in [0.2, 0.25) is 5.91 Å². The highest BCUT2D eigenvalue weighted by Crippen LogP contribution is 2.42. The van der Waals surface area contributed by atoms with Crippen molar-refractivity contribution in [3.63, 3.8) is 0 Å². The maximum atomic E-state index is 13.3. The number of hydrogen-bond acceptors (Lipinski definition) is 2. The van der Waals surface area contributed by atoms with E-state index in [1.165, 1.54) is 0 Å². The molecular weight excluding hydrogens is 446 g/mol. The van der Waals surface area contributed by atoms with E-state index in [9.17, 15) is 31.1 Å². The van der Waals surface area contributed by atoms with Crippen LogP contribution in [0.25, 0.3) is 0 Å². The van der Waals surface area contributed by atoms with E-state index in [2.05, 4.69) is 10.6 Å². The van der Waals surface area contributed by atoms with Gasteiger partial charge in [-0.05, 0) is 68.5 Å². The number of rotatable bonds is 4. The molecule has 3 nitrogen and oxygen atoms in total. The van der Waals surface area contributed by atoms with E-state index in [1.807, 2.05) is 0 Å². The topological polar surface area (TPSA) is 41.1 Å². The van der Waals surface area contributed by atoms with Crippen LogP contribution in [0.4, 0.5) is 26.3 Å². The molecule has 1 saturated heterocycles. The normalized spacial score (nSPS) is 20.1. The summed E-state index contributed by atoms with van der Waals surface area (Å²) in [5.41, 5.74) is -4.40. The molecule has 2 N–H and O–H groups in total. The number of halogens is 7. The molecule has 1 amide bonds. The van der Waals surface area contributed by atoms with Gasteiger partial charge >= 0.3 is 12.4 Å². The highest BCUT2D eigenvalue weighted by atomic mass is 35.5. The molecule has 0 spiro atoms. The molecule has 2 aliphatic rings. The lowest BCUT2D eigenvalue weighted by atomic mass is 9.71. The molecule has 1 saturated carbocycles. The van der Waals surface area contributed by atoms with E-state index in [0.29, 0.717) is 37.7 Å². The van der Waals surface area contributed by atoms with Gasteiger partial charge in [-0.3, -0.25) is 4.79 Å². The minimum Gasteiger partial charge on any atom is -0.355 e.